The molecule has 0 bridgehead atoms. The second kappa shape index (κ2) is 9.21. The van der Waals surface area contributed by atoms with Crippen LogP contribution in [0.1, 0.15) is 51.6 Å². The number of nitrogens with two attached hydrogens (primary N) is 1. The highest BCUT2D eigenvalue weighted by Crippen LogP contribution is 2.43. The van der Waals surface area contributed by atoms with Gasteiger partial charge in [-0.3, -0.25) is 13.6 Å². The molecule has 42 heavy (non-hydrogen) atoms. The second-order valence-corrected chi connectivity index (χ2v) is 10.6. The predicted octanol–water partition coefficient (Wildman–Crippen LogP) is 5.47. The maximum absolute atomic E-state index is 14.4. The van der Waals surface area contributed by atoms with E-state index in [1.807, 2.05) is 0 Å². The van der Waals surface area contributed by atoms with E-state index < -0.39 is 35.9 Å². The third kappa shape index (κ3) is 3.92. The van der Waals surface area contributed by atoms with Crippen molar-refractivity contribution in [1.29, 1.82) is 0 Å². The Hall–Kier alpha value is -4.59. The van der Waals surface area contributed by atoms with Crippen LogP contribution in [-0.4, -0.2) is 47.2 Å². The number of amides is 1. The smallest absolute Gasteiger partial charge is 0.382 e. The van der Waals surface area contributed by atoms with Crippen LogP contribution >= 0.6 is 0 Å². The fraction of sp³-hybridized carbons (Fsp3) is 0.286. The van der Waals surface area contributed by atoms with Crippen molar-refractivity contribution in [2.45, 2.75) is 44.6 Å². The van der Waals surface area contributed by atoms with Crippen molar-refractivity contribution < 1.29 is 31.5 Å². The van der Waals surface area contributed by atoms with Crippen LogP contribution in [0.25, 0.3) is 22.2 Å². The molecule has 1 unspecified atom stereocenters. The number of alkyl halides is 3. The molecule has 1 aliphatic heterocycles. The van der Waals surface area contributed by atoms with Crippen LogP contribution in [0.3, 0.4) is 0 Å². The van der Waals surface area contributed by atoms with Gasteiger partial charge in [0.25, 0.3) is 12.0 Å². The molecular weight excluding hydrogens is 561 g/mol. The number of hydrogen-bond donors (Lipinski definition) is 1. The number of carbonyl (C=O) groups is 1. The molecule has 0 spiro atoms. The molecule has 2 aliphatic rings. The van der Waals surface area contributed by atoms with Crippen LogP contribution in [-0.2, 0) is 17.5 Å². The Morgan fingerprint density at radius 3 is 2.67 bits per heavy atom. The number of nitrogens with zero attached hydrogens (tertiary/aromatic N) is 6. The normalized spacial score (nSPS) is 18.9. The number of carbonyl (C=O) groups excluding carboxylic acids is 1. The summed E-state index contributed by atoms with van der Waals surface area (Å²) in [6.07, 6.45) is -1.31. The van der Waals surface area contributed by atoms with Gasteiger partial charge < -0.3 is 15.4 Å². The van der Waals surface area contributed by atoms with Crippen molar-refractivity contribution in [3.8, 4) is 0 Å². The summed E-state index contributed by atoms with van der Waals surface area (Å²) in [5.41, 5.74) is 8.72. The lowest BCUT2D eigenvalue weighted by Crippen LogP contribution is -2.49. The van der Waals surface area contributed by atoms with Gasteiger partial charge in [-0.25, -0.2) is 15.0 Å². The van der Waals surface area contributed by atoms with E-state index in [1.165, 1.54) is 17.2 Å². The van der Waals surface area contributed by atoms with E-state index in [4.69, 9.17) is 10.5 Å². The molecule has 1 fully saturated rings. The number of benzene rings is 1. The van der Waals surface area contributed by atoms with E-state index in [9.17, 15) is 26.7 Å². The number of aromatic nitrogens is 5. The van der Waals surface area contributed by atoms with Crippen LogP contribution in [0.4, 0.5) is 27.8 Å². The fourth-order valence-corrected chi connectivity index (χ4v) is 6.00. The SMILES string of the molecule is Cc1cc2nc(N)c3cncn3c2cc1C(=O)N(C1CC(=C(F)F)C1)C1COCc2c1ccn1c(C(F)(F)F)cnc21. The lowest BCUT2D eigenvalue weighted by atomic mass is 9.83. The maximum Gasteiger partial charge on any atom is 0.433 e. The third-order valence-electron chi connectivity index (χ3n) is 8.14. The summed E-state index contributed by atoms with van der Waals surface area (Å²) < 4.78 is 76.0. The van der Waals surface area contributed by atoms with Crippen molar-refractivity contribution in [3.63, 3.8) is 0 Å². The van der Waals surface area contributed by atoms with E-state index >= 15 is 0 Å². The first kappa shape index (κ1) is 26.3. The minimum absolute atomic E-state index is 0.0118. The zero-order valence-corrected chi connectivity index (χ0v) is 22.0. The van der Waals surface area contributed by atoms with Gasteiger partial charge >= 0.3 is 6.18 Å². The van der Waals surface area contributed by atoms with Crippen molar-refractivity contribution in [1.82, 2.24) is 28.7 Å². The molecule has 1 saturated carbocycles. The number of nitrogen functional groups attached to an aromatic ring is 1. The Balaban J connectivity index is 1.36. The lowest BCUT2D eigenvalue weighted by molar-refractivity contribution is -0.141. The number of rotatable bonds is 3. The molecule has 0 radical (unpaired) electrons. The predicted molar refractivity (Wildman–Crippen MR) is 141 cm³/mol. The number of aryl methyl sites for hydroxylation is 1. The Labute approximate surface area is 234 Å². The third-order valence-corrected chi connectivity index (χ3v) is 8.14. The molecule has 1 aromatic carbocycles. The summed E-state index contributed by atoms with van der Waals surface area (Å²) in [5, 5.41) is 0. The van der Waals surface area contributed by atoms with Gasteiger partial charge in [0.1, 0.15) is 22.7 Å². The average Bonchev–Trinajstić information content (AvgIpc) is 3.58. The van der Waals surface area contributed by atoms with Gasteiger partial charge in [0.05, 0.1) is 49.0 Å². The molecule has 9 nitrogen and oxygen atoms in total. The lowest BCUT2D eigenvalue weighted by Gasteiger charge is -2.45. The summed E-state index contributed by atoms with van der Waals surface area (Å²) in [6.45, 7) is 1.76. The summed E-state index contributed by atoms with van der Waals surface area (Å²) >= 11 is 0. The molecule has 216 valence electrons. The Kier molecular flexibility index (Phi) is 5.77. The summed E-state index contributed by atoms with van der Waals surface area (Å²) in [4.78, 5) is 28.5. The highest BCUT2D eigenvalue weighted by molar-refractivity contribution is 6.00. The van der Waals surface area contributed by atoms with Crippen LogP contribution in [0.15, 0.2) is 54.8 Å². The number of halogens is 5. The number of imidazole rings is 2. The molecule has 7 rings (SSSR count). The van der Waals surface area contributed by atoms with Gasteiger partial charge in [0.2, 0.25) is 0 Å². The van der Waals surface area contributed by atoms with Crippen LogP contribution in [0, 0.1) is 6.92 Å². The molecule has 1 atom stereocenters. The maximum atomic E-state index is 14.4. The minimum atomic E-state index is -4.62. The molecule has 4 aromatic heterocycles. The molecule has 14 heteroatoms. The van der Waals surface area contributed by atoms with E-state index in [0.29, 0.717) is 38.8 Å². The van der Waals surface area contributed by atoms with E-state index in [2.05, 4.69) is 15.0 Å². The zero-order valence-electron chi connectivity index (χ0n) is 22.0. The largest absolute Gasteiger partial charge is 0.433 e. The molecular formula is C28H22F5N7O2. The minimum Gasteiger partial charge on any atom is -0.382 e. The van der Waals surface area contributed by atoms with Crippen molar-refractivity contribution >= 4 is 33.9 Å². The van der Waals surface area contributed by atoms with Gasteiger partial charge in [0, 0.05) is 23.4 Å². The molecule has 2 N–H and O–H groups in total. The first-order valence-corrected chi connectivity index (χ1v) is 13.0. The zero-order chi connectivity index (χ0) is 29.5. The van der Waals surface area contributed by atoms with Crippen LogP contribution in [0.2, 0.25) is 0 Å². The Bertz CT molecular complexity index is 1950. The number of pyridine rings is 1. The Morgan fingerprint density at radius 1 is 1.14 bits per heavy atom. The fourth-order valence-electron chi connectivity index (χ4n) is 6.00. The average molecular weight is 584 g/mol. The number of ether oxygens (including phenoxy) is 1. The monoisotopic (exact) mass is 583 g/mol. The first-order valence-electron chi connectivity index (χ1n) is 13.0. The first-order chi connectivity index (χ1) is 20.0. The van der Waals surface area contributed by atoms with Crippen LogP contribution in [0.5, 0.6) is 0 Å². The highest BCUT2D eigenvalue weighted by atomic mass is 19.4. The standard InChI is InChI=1S/C28H22F5N7O2/c1-13-4-19-20(39-12-35-8-21(39)25(34)37-19)7-17(13)27(41)40(15-5-14(6-15)24(29)30)22-11-42-10-18-16(22)2-3-38-23(28(31,32)33)9-36-26(18)38/h2-4,7-9,12,15,22H,5-6,10-11H2,1H3,(H2,34,37). The van der Waals surface area contributed by atoms with Gasteiger partial charge in [0.15, 0.2) is 0 Å². The van der Waals surface area contributed by atoms with Crippen molar-refractivity contribution in [2.75, 3.05) is 12.3 Å². The topological polar surface area (TPSA) is 103 Å². The quantitative estimate of drug-likeness (QED) is 0.283. The van der Waals surface area contributed by atoms with Gasteiger partial charge in [-0.1, -0.05) is 0 Å². The molecule has 1 aliphatic carbocycles. The number of anilines is 1. The van der Waals surface area contributed by atoms with Gasteiger partial charge in [-0.2, -0.15) is 22.0 Å². The Morgan fingerprint density at radius 2 is 1.93 bits per heavy atom. The number of fused-ring (bicyclic) bond motifs is 6. The summed E-state index contributed by atoms with van der Waals surface area (Å²) in [5.74, 6) is -0.152. The van der Waals surface area contributed by atoms with Crippen molar-refractivity contribution in [3.05, 3.63) is 82.7 Å². The van der Waals surface area contributed by atoms with Crippen LogP contribution < -0.4 is 5.73 Å². The summed E-state index contributed by atoms with van der Waals surface area (Å²) in [7, 11) is 0. The molecule has 5 aromatic rings. The van der Waals surface area contributed by atoms with Gasteiger partial charge in [-0.05, 0) is 54.7 Å². The van der Waals surface area contributed by atoms with E-state index in [1.54, 1.807) is 36.0 Å². The molecule has 5 heterocycles. The second-order valence-electron chi connectivity index (χ2n) is 10.6. The highest BCUT2D eigenvalue weighted by Gasteiger charge is 2.42. The van der Waals surface area contributed by atoms with E-state index in [-0.39, 0.29) is 43.1 Å². The summed E-state index contributed by atoms with van der Waals surface area (Å²) in [6, 6.07) is 3.58. The molecule has 1 amide bonds. The molecule has 0 saturated heterocycles. The van der Waals surface area contributed by atoms with E-state index in [0.717, 1.165) is 10.6 Å². The van der Waals surface area contributed by atoms with Crippen molar-refractivity contribution in [2.24, 2.45) is 0 Å². The van der Waals surface area contributed by atoms with Gasteiger partial charge in [-0.15, -0.1) is 0 Å². The number of hydrogen-bond acceptors (Lipinski definition) is 6.